The number of halogens is 9. The van der Waals surface area contributed by atoms with Crippen molar-refractivity contribution in [2.45, 2.75) is 56.2 Å². The molecule has 0 saturated heterocycles. The maximum absolute atomic E-state index is 15.2. The van der Waals surface area contributed by atoms with Gasteiger partial charge in [0, 0.05) is 67.0 Å². The Labute approximate surface area is 258 Å². The molecule has 2 atom stereocenters. The lowest BCUT2D eigenvalue weighted by atomic mass is 9.79. The summed E-state index contributed by atoms with van der Waals surface area (Å²) < 4.78 is 143. The van der Waals surface area contributed by atoms with Crippen molar-refractivity contribution in [3.05, 3.63) is 94.0 Å². The van der Waals surface area contributed by atoms with Gasteiger partial charge in [0.2, 0.25) is 11.2 Å². The van der Waals surface area contributed by atoms with E-state index in [4.69, 9.17) is 9.47 Å². The molecule has 2 aliphatic rings. The second-order valence-corrected chi connectivity index (χ2v) is 12.6. The number of Topliss-reactive ketones (excluding diaryl/α,β-unsaturated/α-hetero) is 1. The van der Waals surface area contributed by atoms with Gasteiger partial charge in [0.1, 0.15) is 0 Å². The summed E-state index contributed by atoms with van der Waals surface area (Å²) >= 11 is 1.47. The first kappa shape index (κ1) is 31.8. The molecular formula is C31H19F9O3S2. The first-order valence-corrected chi connectivity index (χ1v) is 14.6. The van der Waals surface area contributed by atoms with Gasteiger partial charge in [-0.1, -0.05) is 71.6 Å². The topological polar surface area (TPSA) is 35.5 Å². The predicted octanol–water partition coefficient (Wildman–Crippen LogP) is 9.73. The number of alkyl halides is 9. The van der Waals surface area contributed by atoms with Crippen LogP contribution in [0.2, 0.25) is 0 Å². The molecule has 14 heteroatoms. The summed E-state index contributed by atoms with van der Waals surface area (Å²) in [4.78, 5) is 12.5. The quantitative estimate of drug-likeness (QED) is 0.160. The van der Waals surface area contributed by atoms with Crippen LogP contribution in [0.5, 0.6) is 0 Å². The van der Waals surface area contributed by atoms with Crippen LogP contribution < -0.4 is 0 Å². The zero-order valence-corrected chi connectivity index (χ0v) is 24.8. The van der Waals surface area contributed by atoms with Crippen LogP contribution >= 0.6 is 23.5 Å². The van der Waals surface area contributed by atoms with E-state index >= 15 is 26.3 Å². The van der Waals surface area contributed by atoms with E-state index < -0.39 is 68.0 Å². The van der Waals surface area contributed by atoms with Crippen LogP contribution in [0.1, 0.15) is 38.2 Å². The number of benzene rings is 4. The molecular weight excluding hydrogens is 655 g/mol. The molecule has 236 valence electrons. The van der Waals surface area contributed by atoms with Crippen molar-refractivity contribution >= 4 is 40.1 Å². The third-order valence-corrected chi connectivity index (χ3v) is 10.5. The fourth-order valence-electron chi connectivity index (χ4n) is 6.20. The van der Waals surface area contributed by atoms with Crippen LogP contribution in [0.3, 0.4) is 0 Å². The van der Waals surface area contributed by atoms with Gasteiger partial charge in [-0.3, -0.25) is 4.79 Å². The number of ether oxygens (including phenoxy) is 2. The average Bonchev–Trinajstić information content (AvgIpc) is 2.96. The van der Waals surface area contributed by atoms with Crippen molar-refractivity contribution in [1.29, 1.82) is 0 Å². The van der Waals surface area contributed by atoms with Crippen LogP contribution in [-0.2, 0) is 20.7 Å². The van der Waals surface area contributed by atoms with Gasteiger partial charge in [-0.05, 0) is 30.5 Å². The first-order valence-electron chi connectivity index (χ1n) is 13.0. The number of rotatable bonds is 3. The Morgan fingerprint density at radius 3 is 1.84 bits per heavy atom. The van der Waals surface area contributed by atoms with Gasteiger partial charge in [0.15, 0.2) is 0 Å². The number of hydrogen-bond donors (Lipinski definition) is 0. The number of carbonyl (C=O) groups excluding carboxylic acids is 1. The van der Waals surface area contributed by atoms with Crippen molar-refractivity contribution < 1.29 is 53.8 Å². The van der Waals surface area contributed by atoms with Crippen LogP contribution in [0.4, 0.5) is 39.5 Å². The maximum Gasteiger partial charge on any atom is 0.454 e. The zero-order valence-electron chi connectivity index (χ0n) is 23.2. The first-order chi connectivity index (χ1) is 20.9. The monoisotopic (exact) mass is 674 g/mol. The lowest BCUT2D eigenvalue weighted by Gasteiger charge is -2.42. The minimum absolute atomic E-state index is 0.0187. The molecule has 0 saturated carbocycles. The fraction of sp³-hybridized carbons (Fsp3) is 0.258. The number of ketones is 1. The molecule has 2 unspecified atom stereocenters. The van der Waals surface area contributed by atoms with E-state index in [2.05, 4.69) is 0 Å². The average molecular weight is 675 g/mol. The largest absolute Gasteiger partial charge is 0.454 e. The highest BCUT2D eigenvalue weighted by Crippen LogP contribution is 2.62. The van der Waals surface area contributed by atoms with E-state index in [1.165, 1.54) is 43.3 Å². The highest BCUT2D eigenvalue weighted by atomic mass is 32.2. The summed E-state index contributed by atoms with van der Waals surface area (Å²) in [6, 6.07) is 11.9. The van der Waals surface area contributed by atoms with Gasteiger partial charge < -0.3 is 9.47 Å². The second-order valence-electron chi connectivity index (χ2n) is 10.5. The van der Waals surface area contributed by atoms with Crippen molar-refractivity contribution in [3.63, 3.8) is 0 Å². The van der Waals surface area contributed by atoms with E-state index in [-0.39, 0.29) is 25.6 Å². The number of methoxy groups -OCH3 is 2. The number of hydrogen-bond acceptors (Lipinski definition) is 5. The molecule has 6 rings (SSSR count). The molecule has 0 spiro atoms. The molecule has 0 fully saturated rings. The minimum Gasteiger partial charge on any atom is -0.360 e. The van der Waals surface area contributed by atoms with Crippen molar-refractivity contribution in [3.8, 4) is 0 Å². The molecule has 0 aromatic heterocycles. The third kappa shape index (κ3) is 4.28. The summed E-state index contributed by atoms with van der Waals surface area (Å²) in [6.45, 7) is 1.53. The SMILES string of the molecule is COC1(C(F)(F)F)c2cc(C)ccc2Sc2c1cc(C(=O)C(F)(F)F)c1c3c(ccc21)C(OC)(C(F)(F)F)c1ccccc1S3. The van der Waals surface area contributed by atoms with E-state index in [0.29, 0.717) is 23.4 Å². The van der Waals surface area contributed by atoms with Crippen molar-refractivity contribution in [2.75, 3.05) is 14.2 Å². The summed E-state index contributed by atoms with van der Waals surface area (Å²) in [5, 5.41) is -0.853. The van der Waals surface area contributed by atoms with E-state index in [9.17, 15) is 18.0 Å². The van der Waals surface area contributed by atoms with E-state index in [0.717, 1.165) is 38.1 Å². The molecule has 0 bridgehead atoms. The molecule has 2 heterocycles. The van der Waals surface area contributed by atoms with Crippen molar-refractivity contribution in [2.24, 2.45) is 0 Å². The molecule has 0 radical (unpaired) electrons. The van der Waals surface area contributed by atoms with Gasteiger partial charge >= 0.3 is 18.5 Å². The number of fused-ring (bicyclic) bond motifs is 7. The van der Waals surface area contributed by atoms with Crippen LogP contribution in [-0.4, -0.2) is 38.5 Å². The van der Waals surface area contributed by atoms with Gasteiger partial charge in [0.25, 0.3) is 5.78 Å². The molecule has 2 aliphatic heterocycles. The molecule has 4 aromatic carbocycles. The molecule has 0 N–H and O–H groups in total. The summed E-state index contributed by atoms with van der Waals surface area (Å²) in [6.07, 6.45) is -16.0. The Bertz CT molecular complexity index is 1900. The van der Waals surface area contributed by atoms with Gasteiger partial charge in [-0.25, -0.2) is 0 Å². The van der Waals surface area contributed by atoms with E-state index in [1.807, 2.05) is 0 Å². The lowest BCUT2D eigenvalue weighted by Crippen LogP contribution is -2.47. The Balaban J connectivity index is 1.82. The predicted molar refractivity (Wildman–Crippen MR) is 148 cm³/mol. The zero-order chi connectivity index (χ0) is 32.9. The highest BCUT2D eigenvalue weighted by molar-refractivity contribution is 8.00. The molecule has 0 aliphatic carbocycles. The normalized spacial score (nSPS) is 21.2. The summed E-state index contributed by atoms with van der Waals surface area (Å²) in [5.41, 5.74) is -9.40. The summed E-state index contributed by atoms with van der Waals surface area (Å²) in [7, 11) is 1.55. The Hall–Kier alpha value is -3.20. The number of carbonyl (C=O) groups is 1. The Morgan fingerprint density at radius 1 is 0.667 bits per heavy atom. The third-order valence-electron chi connectivity index (χ3n) is 8.08. The molecule has 4 aromatic rings. The summed E-state index contributed by atoms with van der Waals surface area (Å²) in [5.74, 6) is -2.52. The fourth-order valence-corrected chi connectivity index (χ4v) is 8.79. The minimum atomic E-state index is -5.59. The second kappa shape index (κ2) is 10.1. The highest BCUT2D eigenvalue weighted by Gasteiger charge is 2.64. The standard InChI is InChI=1S/C31H19F9O3S2/c1-14-8-11-22-19(12-14)28(43-3,31(38,39)40)20-13-16(26(41)29(32,33)34)23-15(24(20)44-22)9-10-18-25(23)45-21-7-5-4-6-17(21)27(18,42-2)30(35,36)37/h4-13H,1-3H3. The maximum atomic E-state index is 15.2. The van der Waals surface area contributed by atoms with Gasteiger partial charge in [0.05, 0.1) is 0 Å². The molecule has 45 heavy (non-hydrogen) atoms. The Morgan fingerprint density at radius 2 is 1.24 bits per heavy atom. The van der Waals surface area contributed by atoms with Crippen molar-refractivity contribution in [1.82, 2.24) is 0 Å². The number of aryl methyl sites for hydroxylation is 1. The lowest BCUT2D eigenvalue weighted by molar-refractivity contribution is -0.260. The molecule has 0 amide bonds. The van der Waals surface area contributed by atoms with E-state index in [1.54, 1.807) is 6.07 Å². The van der Waals surface area contributed by atoms with Gasteiger partial charge in [-0.2, -0.15) is 39.5 Å². The molecule has 3 nitrogen and oxygen atoms in total. The van der Waals surface area contributed by atoms with Gasteiger partial charge in [-0.15, -0.1) is 0 Å². The van der Waals surface area contributed by atoms with Crippen LogP contribution in [0.15, 0.2) is 80.2 Å². The van der Waals surface area contributed by atoms with Crippen LogP contribution in [0, 0.1) is 6.92 Å². The Kier molecular flexibility index (Phi) is 7.16. The van der Waals surface area contributed by atoms with Crippen LogP contribution in [0.25, 0.3) is 10.8 Å². The smallest absolute Gasteiger partial charge is 0.360 e.